The number of anilines is 1. The van der Waals surface area contributed by atoms with Gasteiger partial charge in [-0.1, -0.05) is 13.0 Å². The minimum Gasteiger partial charge on any atom is -0.370 e. The lowest BCUT2D eigenvalue weighted by molar-refractivity contribution is 0.711. The lowest BCUT2D eigenvalue weighted by Crippen LogP contribution is -2.13. The normalized spacial score (nSPS) is 10.0. The van der Waals surface area contributed by atoms with Gasteiger partial charge in [-0.15, -0.1) is 0 Å². The van der Waals surface area contributed by atoms with Crippen LogP contribution < -0.4 is 10.6 Å². The number of nitrogens with zero attached hydrogens (tertiary/aromatic N) is 1. The summed E-state index contributed by atoms with van der Waals surface area (Å²) in [7, 11) is 0. The van der Waals surface area contributed by atoms with Gasteiger partial charge in [0.1, 0.15) is 5.82 Å². The Balaban J connectivity index is 2.56. The fourth-order valence-electron chi connectivity index (χ4n) is 1.11. The van der Waals surface area contributed by atoms with E-state index in [9.17, 15) is 0 Å². The summed E-state index contributed by atoms with van der Waals surface area (Å²) in [6.45, 7) is 6.90. The van der Waals surface area contributed by atoms with Crippen molar-refractivity contribution in [3.8, 4) is 0 Å². The molecule has 0 spiro atoms. The quantitative estimate of drug-likeness (QED) is 0.721. The van der Waals surface area contributed by atoms with Crippen LogP contribution in [0.15, 0.2) is 18.2 Å². The highest BCUT2D eigenvalue weighted by molar-refractivity contribution is 5.34. The second-order valence-electron chi connectivity index (χ2n) is 2.82. The lowest BCUT2D eigenvalue weighted by atomic mass is 10.3. The molecule has 0 radical (unpaired) electrons. The summed E-state index contributed by atoms with van der Waals surface area (Å²) < 4.78 is 0. The Labute approximate surface area is 79.6 Å². The number of aromatic nitrogens is 1. The average molecular weight is 179 g/mol. The first-order valence-electron chi connectivity index (χ1n) is 4.77. The molecule has 3 heteroatoms. The van der Waals surface area contributed by atoms with E-state index in [-0.39, 0.29) is 0 Å². The van der Waals surface area contributed by atoms with E-state index in [4.69, 9.17) is 0 Å². The molecule has 1 rings (SSSR count). The number of rotatable bonds is 5. The van der Waals surface area contributed by atoms with E-state index in [1.165, 1.54) is 0 Å². The van der Waals surface area contributed by atoms with Crippen LogP contribution in [0.25, 0.3) is 0 Å². The van der Waals surface area contributed by atoms with Gasteiger partial charge in [0.15, 0.2) is 0 Å². The predicted molar refractivity (Wildman–Crippen MR) is 55.8 cm³/mol. The van der Waals surface area contributed by atoms with E-state index >= 15 is 0 Å². The molecule has 0 aliphatic heterocycles. The van der Waals surface area contributed by atoms with Crippen molar-refractivity contribution in [3.63, 3.8) is 0 Å². The van der Waals surface area contributed by atoms with Crippen molar-refractivity contribution in [2.24, 2.45) is 0 Å². The van der Waals surface area contributed by atoms with E-state index in [0.29, 0.717) is 0 Å². The van der Waals surface area contributed by atoms with Crippen LogP contribution in [0.5, 0.6) is 0 Å². The molecule has 3 nitrogen and oxygen atoms in total. The van der Waals surface area contributed by atoms with Gasteiger partial charge in [-0.2, -0.15) is 0 Å². The molecule has 0 fully saturated rings. The number of nitrogens with one attached hydrogen (secondary N) is 2. The first-order chi connectivity index (χ1) is 6.36. The van der Waals surface area contributed by atoms with Crippen LogP contribution in [-0.4, -0.2) is 18.1 Å². The third-order valence-electron chi connectivity index (χ3n) is 1.72. The van der Waals surface area contributed by atoms with Crippen molar-refractivity contribution in [2.45, 2.75) is 20.4 Å². The van der Waals surface area contributed by atoms with Crippen LogP contribution in [0.2, 0.25) is 0 Å². The Hall–Kier alpha value is -1.09. The van der Waals surface area contributed by atoms with Crippen molar-refractivity contribution in [2.75, 3.05) is 18.4 Å². The standard InChI is InChI=1S/C10H17N3/c1-3-11-8-9-6-5-7-10(13-9)12-4-2/h5-7,11H,3-4,8H2,1-2H3,(H,12,13). The second-order valence-corrected chi connectivity index (χ2v) is 2.82. The summed E-state index contributed by atoms with van der Waals surface area (Å²) >= 11 is 0. The zero-order valence-corrected chi connectivity index (χ0v) is 8.30. The third kappa shape index (κ3) is 3.42. The molecule has 1 heterocycles. The van der Waals surface area contributed by atoms with Gasteiger partial charge in [-0.25, -0.2) is 4.98 Å². The Morgan fingerprint density at radius 2 is 2.08 bits per heavy atom. The minimum atomic E-state index is 0.843. The first-order valence-corrected chi connectivity index (χ1v) is 4.77. The summed E-state index contributed by atoms with van der Waals surface area (Å²) in [5.41, 5.74) is 1.08. The molecule has 0 saturated carbocycles. The minimum absolute atomic E-state index is 0.843. The highest BCUT2D eigenvalue weighted by atomic mass is 15.0. The van der Waals surface area contributed by atoms with Gasteiger partial charge in [0.25, 0.3) is 0 Å². The molecule has 1 aromatic rings. The molecule has 0 unspecified atom stereocenters. The van der Waals surface area contributed by atoms with Gasteiger partial charge in [-0.3, -0.25) is 0 Å². The number of pyridine rings is 1. The fraction of sp³-hybridized carbons (Fsp3) is 0.500. The van der Waals surface area contributed by atoms with Gasteiger partial charge in [0.05, 0.1) is 5.69 Å². The van der Waals surface area contributed by atoms with E-state index in [0.717, 1.165) is 31.1 Å². The Kier molecular flexibility index (Phi) is 4.26. The van der Waals surface area contributed by atoms with E-state index in [2.05, 4.69) is 29.5 Å². The summed E-state index contributed by atoms with van der Waals surface area (Å²) in [4.78, 5) is 4.43. The molecule has 0 aliphatic carbocycles. The lowest BCUT2D eigenvalue weighted by Gasteiger charge is -2.05. The summed E-state index contributed by atoms with van der Waals surface area (Å²) in [5.74, 6) is 0.956. The van der Waals surface area contributed by atoms with Crippen molar-refractivity contribution >= 4 is 5.82 Å². The molecule has 2 N–H and O–H groups in total. The van der Waals surface area contributed by atoms with Crippen molar-refractivity contribution in [1.29, 1.82) is 0 Å². The van der Waals surface area contributed by atoms with Crippen LogP contribution >= 0.6 is 0 Å². The molecule has 0 aromatic carbocycles. The summed E-state index contributed by atoms with van der Waals surface area (Å²) in [6, 6.07) is 6.04. The van der Waals surface area contributed by atoms with Crippen LogP contribution in [0.1, 0.15) is 19.5 Å². The van der Waals surface area contributed by atoms with Gasteiger partial charge in [-0.05, 0) is 25.6 Å². The highest BCUT2D eigenvalue weighted by Crippen LogP contribution is 2.03. The zero-order chi connectivity index (χ0) is 9.52. The fourth-order valence-corrected chi connectivity index (χ4v) is 1.11. The molecule has 0 atom stereocenters. The molecule has 0 aliphatic rings. The first kappa shape index (κ1) is 9.99. The molecular weight excluding hydrogens is 162 g/mol. The second kappa shape index (κ2) is 5.54. The van der Waals surface area contributed by atoms with Gasteiger partial charge in [0, 0.05) is 13.1 Å². The Bertz CT molecular complexity index is 248. The van der Waals surface area contributed by atoms with E-state index < -0.39 is 0 Å². The molecule has 72 valence electrons. The molecular formula is C10H17N3. The van der Waals surface area contributed by atoms with Crippen LogP contribution in [0, 0.1) is 0 Å². The molecule has 0 bridgehead atoms. The summed E-state index contributed by atoms with van der Waals surface area (Å²) in [5, 5.41) is 6.43. The van der Waals surface area contributed by atoms with Crippen molar-refractivity contribution in [3.05, 3.63) is 23.9 Å². The van der Waals surface area contributed by atoms with Crippen molar-refractivity contribution < 1.29 is 0 Å². The molecule has 0 amide bonds. The topological polar surface area (TPSA) is 37.0 Å². The predicted octanol–water partition coefficient (Wildman–Crippen LogP) is 1.62. The zero-order valence-electron chi connectivity index (χ0n) is 8.30. The van der Waals surface area contributed by atoms with Crippen molar-refractivity contribution in [1.82, 2.24) is 10.3 Å². The molecule has 0 saturated heterocycles. The Morgan fingerprint density at radius 1 is 1.23 bits per heavy atom. The third-order valence-corrected chi connectivity index (χ3v) is 1.72. The van der Waals surface area contributed by atoms with E-state index in [1.54, 1.807) is 0 Å². The number of hydrogen-bond donors (Lipinski definition) is 2. The van der Waals surface area contributed by atoms with E-state index in [1.807, 2.05) is 18.2 Å². The molecule has 13 heavy (non-hydrogen) atoms. The summed E-state index contributed by atoms with van der Waals surface area (Å²) in [6.07, 6.45) is 0. The maximum Gasteiger partial charge on any atom is 0.126 e. The van der Waals surface area contributed by atoms with Gasteiger partial charge >= 0.3 is 0 Å². The average Bonchev–Trinajstić information content (AvgIpc) is 2.16. The largest absolute Gasteiger partial charge is 0.370 e. The maximum absolute atomic E-state index is 4.43. The highest BCUT2D eigenvalue weighted by Gasteiger charge is 1.94. The van der Waals surface area contributed by atoms with Gasteiger partial charge in [0.2, 0.25) is 0 Å². The van der Waals surface area contributed by atoms with Crippen LogP contribution in [-0.2, 0) is 6.54 Å². The SMILES string of the molecule is CCNCc1cccc(NCC)n1. The number of hydrogen-bond acceptors (Lipinski definition) is 3. The maximum atomic E-state index is 4.43. The monoisotopic (exact) mass is 179 g/mol. The van der Waals surface area contributed by atoms with Gasteiger partial charge < -0.3 is 10.6 Å². The molecule has 1 aromatic heterocycles. The van der Waals surface area contributed by atoms with Crippen LogP contribution in [0.3, 0.4) is 0 Å². The van der Waals surface area contributed by atoms with Crippen LogP contribution in [0.4, 0.5) is 5.82 Å². The Morgan fingerprint density at radius 3 is 2.77 bits per heavy atom. The smallest absolute Gasteiger partial charge is 0.126 e.